The van der Waals surface area contributed by atoms with Crippen LogP contribution in [0.4, 0.5) is 0 Å². The lowest BCUT2D eigenvalue weighted by Crippen LogP contribution is -2.63. The van der Waals surface area contributed by atoms with E-state index in [1.54, 1.807) is 0 Å². The third kappa shape index (κ3) is 4.17. The van der Waals surface area contributed by atoms with Crippen molar-refractivity contribution in [3.05, 3.63) is 35.1 Å². The lowest BCUT2D eigenvalue weighted by Gasteiger charge is -2.63. The van der Waals surface area contributed by atoms with Gasteiger partial charge in [-0.2, -0.15) is 0 Å². The van der Waals surface area contributed by atoms with Crippen LogP contribution in [0.25, 0.3) is 0 Å². The number of aliphatic hydroxyl groups is 3. The molecule has 0 bridgehead atoms. The SMILES string of the molecule is CC1=CC(=O)O/C1=C\C=C(/C)CC[C@@H]1[C@@]2(C)CCC[C@@](C)(CO)[C@@H]2[C@@H](O)C[C@@]1(C)O. The molecule has 0 radical (unpaired) electrons. The number of allylic oxidation sites excluding steroid dienone is 4. The van der Waals surface area contributed by atoms with E-state index < -0.39 is 11.7 Å². The Kier molecular flexibility index (Phi) is 6.39. The first kappa shape index (κ1) is 23.2. The molecule has 6 atom stereocenters. The Balaban J connectivity index is 1.80. The Labute approximate surface area is 180 Å². The smallest absolute Gasteiger partial charge is 0.336 e. The van der Waals surface area contributed by atoms with Gasteiger partial charge >= 0.3 is 5.97 Å². The summed E-state index contributed by atoms with van der Waals surface area (Å²) in [5.41, 5.74) is 0.496. The highest BCUT2D eigenvalue weighted by atomic mass is 16.5. The van der Waals surface area contributed by atoms with Crippen molar-refractivity contribution in [2.45, 2.75) is 84.8 Å². The summed E-state index contributed by atoms with van der Waals surface area (Å²) in [6.45, 7) is 10.1. The van der Waals surface area contributed by atoms with Gasteiger partial charge in [0.2, 0.25) is 0 Å². The number of cyclic esters (lactones) is 1. The molecule has 0 saturated heterocycles. The van der Waals surface area contributed by atoms with Gasteiger partial charge in [0.1, 0.15) is 5.76 Å². The number of rotatable bonds is 5. The van der Waals surface area contributed by atoms with E-state index in [4.69, 9.17) is 4.74 Å². The molecule has 3 N–H and O–H groups in total. The zero-order valence-corrected chi connectivity index (χ0v) is 19.1. The largest absolute Gasteiger partial charge is 0.423 e. The van der Waals surface area contributed by atoms with Gasteiger partial charge in [-0.25, -0.2) is 4.79 Å². The highest BCUT2D eigenvalue weighted by molar-refractivity contribution is 5.88. The molecule has 0 aromatic rings. The number of esters is 1. The predicted molar refractivity (Wildman–Crippen MR) is 116 cm³/mol. The molecule has 5 heteroatoms. The fraction of sp³-hybridized carbons (Fsp3) is 0.720. The molecule has 0 amide bonds. The Bertz CT molecular complexity index is 776. The molecule has 1 heterocycles. The summed E-state index contributed by atoms with van der Waals surface area (Å²) in [5.74, 6) is 0.271. The lowest BCUT2D eigenvalue weighted by atomic mass is 9.44. The van der Waals surface area contributed by atoms with Crippen LogP contribution < -0.4 is 0 Å². The van der Waals surface area contributed by atoms with Gasteiger partial charge in [-0.15, -0.1) is 0 Å². The molecule has 2 fully saturated rings. The summed E-state index contributed by atoms with van der Waals surface area (Å²) in [7, 11) is 0. The van der Waals surface area contributed by atoms with Crippen LogP contribution in [0.3, 0.4) is 0 Å². The van der Waals surface area contributed by atoms with Crippen molar-refractivity contribution in [3.63, 3.8) is 0 Å². The quantitative estimate of drug-likeness (QED) is 0.587. The van der Waals surface area contributed by atoms with Crippen LogP contribution in [-0.4, -0.2) is 39.6 Å². The van der Waals surface area contributed by atoms with Crippen molar-refractivity contribution in [1.82, 2.24) is 0 Å². The Morgan fingerprint density at radius 3 is 2.60 bits per heavy atom. The summed E-state index contributed by atoms with van der Waals surface area (Å²) in [6, 6.07) is 0. The standard InChI is InChI=1S/C25H38O5/c1-16(7-9-19-17(2)13-21(28)30-19)8-10-20-24(4)12-6-11-23(3,15-26)22(24)18(27)14-25(20,5)29/h7,9,13,18,20,22,26-27,29H,6,8,10-12,14-15H2,1-5H3/b16-7+,19-9-/t18-,20+,22-,23-,24+,25+/m0/s1. The summed E-state index contributed by atoms with van der Waals surface area (Å²) in [4.78, 5) is 11.4. The Morgan fingerprint density at radius 1 is 1.30 bits per heavy atom. The van der Waals surface area contributed by atoms with Crippen LogP contribution in [-0.2, 0) is 9.53 Å². The minimum atomic E-state index is -0.947. The maximum Gasteiger partial charge on any atom is 0.336 e. The number of carbonyl (C=O) groups is 1. The van der Waals surface area contributed by atoms with Crippen LogP contribution in [0.1, 0.15) is 73.1 Å². The average molecular weight is 419 g/mol. The average Bonchev–Trinajstić information content (AvgIpc) is 2.95. The molecule has 30 heavy (non-hydrogen) atoms. The third-order valence-corrected chi connectivity index (χ3v) is 8.12. The number of hydrogen-bond donors (Lipinski definition) is 3. The van der Waals surface area contributed by atoms with E-state index in [0.717, 1.165) is 43.3 Å². The number of hydrogen-bond acceptors (Lipinski definition) is 5. The first-order valence-corrected chi connectivity index (χ1v) is 11.2. The van der Waals surface area contributed by atoms with Gasteiger partial charge < -0.3 is 20.1 Å². The van der Waals surface area contributed by atoms with E-state index >= 15 is 0 Å². The van der Waals surface area contributed by atoms with Gasteiger partial charge in [0.15, 0.2) is 0 Å². The van der Waals surface area contributed by atoms with E-state index in [-0.39, 0.29) is 35.2 Å². The number of aliphatic hydroxyl groups excluding tert-OH is 2. The number of carbonyl (C=O) groups excluding carboxylic acids is 1. The maximum atomic E-state index is 11.4. The molecule has 168 valence electrons. The topological polar surface area (TPSA) is 87.0 Å². The molecule has 1 aliphatic heterocycles. The van der Waals surface area contributed by atoms with Crippen molar-refractivity contribution in [1.29, 1.82) is 0 Å². The van der Waals surface area contributed by atoms with Gasteiger partial charge in [-0.1, -0.05) is 31.9 Å². The highest BCUT2D eigenvalue weighted by Crippen LogP contribution is 2.63. The normalized spacial score (nSPS) is 43.4. The second-order valence-corrected chi connectivity index (χ2v) is 10.7. The fourth-order valence-electron chi connectivity index (χ4n) is 6.79. The molecular weight excluding hydrogens is 380 g/mol. The minimum Gasteiger partial charge on any atom is -0.423 e. The third-order valence-electron chi connectivity index (χ3n) is 8.12. The summed E-state index contributed by atoms with van der Waals surface area (Å²) in [6.07, 6.45) is 9.55. The van der Waals surface area contributed by atoms with Crippen molar-refractivity contribution in [2.24, 2.45) is 22.7 Å². The predicted octanol–water partition coefficient (Wildman–Crippen LogP) is 4.04. The molecule has 0 unspecified atom stereocenters. The monoisotopic (exact) mass is 418 g/mol. The number of fused-ring (bicyclic) bond motifs is 1. The van der Waals surface area contributed by atoms with Crippen LogP contribution in [0, 0.1) is 22.7 Å². The molecule has 2 aliphatic carbocycles. The van der Waals surface area contributed by atoms with Crippen LogP contribution >= 0.6 is 0 Å². The molecule has 3 aliphatic rings. The zero-order valence-electron chi connectivity index (χ0n) is 19.1. The second kappa shape index (κ2) is 8.25. The molecule has 0 aromatic heterocycles. The van der Waals surface area contributed by atoms with E-state index in [1.165, 1.54) is 6.08 Å². The minimum absolute atomic E-state index is 0.0222. The first-order valence-electron chi connectivity index (χ1n) is 11.2. The molecule has 5 nitrogen and oxygen atoms in total. The Morgan fingerprint density at radius 2 is 2.00 bits per heavy atom. The molecular formula is C25H38O5. The summed E-state index contributed by atoms with van der Waals surface area (Å²) < 4.78 is 5.18. The Hall–Kier alpha value is -1.43. The lowest BCUT2D eigenvalue weighted by molar-refractivity contribution is -0.223. The van der Waals surface area contributed by atoms with E-state index in [2.05, 4.69) is 20.8 Å². The summed E-state index contributed by atoms with van der Waals surface area (Å²) >= 11 is 0. The summed E-state index contributed by atoms with van der Waals surface area (Å²) in [5, 5.41) is 32.4. The van der Waals surface area contributed by atoms with Crippen LogP contribution in [0.5, 0.6) is 0 Å². The first-order chi connectivity index (χ1) is 13.9. The van der Waals surface area contributed by atoms with Crippen molar-refractivity contribution < 1.29 is 24.9 Å². The van der Waals surface area contributed by atoms with E-state index in [9.17, 15) is 20.1 Å². The van der Waals surface area contributed by atoms with E-state index in [1.807, 2.05) is 26.0 Å². The molecule has 2 saturated carbocycles. The molecule has 0 aromatic carbocycles. The van der Waals surface area contributed by atoms with Crippen molar-refractivity contribution >= 4 is 5.97 Å². The van der Waals surface area contributed by atoms with Crippen LogP contribution in [0.15, 0.2) is 35.1 Å². The fourth-order valence-corrected chi connectivity index (χ4v) is 6.79. The van der Waals surface area contributed by atoms with Crippen molar-refractivity contribution in [2.75, 3.05) is 6.61 Å². The van der Waals surface area contributed by atoms with Gasteiger partial charge in [-0.05, 0) is 80.8 Å². The zero-order chi connectivity index (χ0) is 22.3. The van der Waals surface area contributed by atoms with Gasteiger partial charge in [0, 0.05) is 19.1 Å². The van der Waals surface area contributed by atoms with Crippen molar-refractivity contribution in [3.8, 4) is 0 Å². The number of ether oxygens (including phenoxy) is 1. The highest BCUT2D eigenvalue weighted by Gasteiger charge is 2.62. The van der Waals surface area contributed by atoms with Gasteiger partial charge in [-0.3, -0.25) is 0 Å². The maximum absolute atomic E-state index is 11.4. The van der Waals surface area contributed by atoms with Gasteiger partial charge in [0.05, 0.1) is 11.7 Å². The van der Waals surface area contributed by atoms with E-state index in [0.29, 0.717) is 12.2 Å². The van der Waals surface area contributed by atoms with Crippen LogP contribution in [0.2, 0.25) is 0 Å². The second-order valence-electron chi connectivity index (χ2n) is 10.7. The molecule has 3 rings (SSSR count). The van der Waals surface area contributed by atoms with Gasteiger partial charge in [0.25, 0.3) is 0 Å². The molecule has 0 spiro atoms.